The quantitative estimate of drug-likeness (QED) is 0.832. The van der Waals surface area contributed by atoms with Crippen molar-refractivity contribution in [1.82, 2.24) is 9.80 Å². The number of rotatable bonds is 5. The summed E-state index contributed by atoms with van der Waals surface area (Å²) in [6, 6.07) is 19.8. The third kappa shape index (κ3) is 4.59. The van der Waals surface area contributed by atoms with E-state index in [4.69, 9.17) is 4.74 Å². The maximum absolute atomic E-state index is 5.25. The largest absolute Gasteiger partial charge is 0.497 e. The number of hydrogen-bond donors (Lipinski definition) is 0. The van der Waals surface area contributed by atoms with Crippen LogP contribution in [0.2, 0.25) is 0 Å². The van der Waals surface area contributed by atoms with Crippen LogP contribution in [-0.4, -0.2) is 42.6 Å². The monoisotopic (exact) mass is 324 g/mol. The van der Waals surface area contributed by atoms with Crippen molar-refractivity contribution in [2.45, 2.75) is 32.5 Å². The van der Waals surface area contributed by atoms with Gasteiger partial charge in [0.15, 0.2) is 0 Å². The zero-order valence-corrected chi connectivity index (χ0v) is 14.8. The van der Waals surface area contributed by atoms with Gasteiger partial charge in [-0.25, -0.2) is 0 Å². The Morgan fingerprint density at radius 2 is 1.62 bits per heavy atom. The Kier molecular flexibility index (Phi) is 5.89. The van der Waals surface area contributed by atoms with E-state index in [2.05, 4.69) is 71.3 Å². The molecule has 128 valence electrons. The summed E-state index contributed by atoms with van der Waals surface area (Å²) in [5.41, 5.74) is 2.77. The number of ether oxygens (including phenoxy) is 1. The van der Waals surface area contributed by atoms with E-state index in [9.17, 15) is 0 Å². The fourth-order valence-corrected chi connectivity index (χ4v) is 3.48. The number of methoxy groups -OCH3 is 1. The van der Waals surface area contributed by atoms with E-state index in [0.29, 0.717) is 6.04 Å². The second-order valence-corrected chi connectivity index (χ2v) is 6.74. The number of benzene rings is 2. The van der Waals surface area contributed by atoms with Gasteiger partial charge >= 0.3 is 0 Å². The first kappa shape index (κ1) is 17.0. The molecular weight excluding hydrogens is 296 g/mol. The zero-order chi connectivity index (χ0) is 16.8. The van der Waals surface area contributed by atoms with Crippen LogP contribution in [0, 0.1) is 0 Å². The minimum Gasteiger partial charge on any atom is -0.497 e. The Labute approximate surface area is 145 Å². The first-order valence-electron chi connectivity index (χ1n) is 8.88. The Bertz CT molecular complexity index is 611. The molecule has 1 fully saturated rings. The van der Waals surface area contributed by atoms with Crippen LogP contribution in [0.1, 0.15) is 24.5 Å². The number of hydrogen-bond acceptors (Lipinski definition) is 3. The predicted octanol–water partition coefficient (Wildman–Crippen LogP) is 3.79. The van der Waals surface area contributed by atoms with Crippen molar-refractivity contribution in [2.24, 2.45) is 0 Å². The third-order valence-corrected chi connectivity index (χ3v) is 4.86. The van der Waals surface area contributed by atoms with E-state index in [-0.39, 0.29) is 0 Å². The van der Waals surface area contributed by atoms with Crippen molar-refractivity contribution in [3.8, 4) is 5.75 Å². The van der Waals surface area contributed by atoms with Crippen molar-refractivity contribution in [1.29, 1.82) is 0 Å². The molecule has 24 heavy (non-hydrogen) atoms. The molecule has 0 amide bonds. The van der Waals surface area contributed by atoms with Crippen LogP contribution in [0.3, 0.4) is 0 Å². The Balaban J connectivity index is 1.58. The molecule has 1 aliphatic heterocycles. The van der Waals surface area contributed by atoms with Gasteiger partial charge < -0.3 is 4.74 Å². The first-order valence-corrected chi connectivity index (χ1v) is 8.88. The van der Waals surface area contributed by atoms with Crippen molar-refractivity contribution in [2.75, 3.05) is 26.7 Å². The van der Waals surface area contributed by atoms with Gasteiger partial charge in [-0.2, -0.15) is 0 Å². The highest BCUT2D eigenvalue weighted by molar-refractivity contribution is 5.27. The van der Waals surface area contributed by atoms with Gasteiger partial charge in [0.1, 0.15) is 5.75 Å². The van der Waals surface area contributed by atoms with Gasteiger partial charge in [-0.1, -0.05) is 42.5 Å². The minimum atomic E-state index is 0.575. The van der Waals surface area contributed by atoms with Crippen molar-refractivity contribution in [3.05, 3.63) is 65.7 Å². The lowest BCUT2D eigenvalue weighted by Crippen LogP contribution is -2.38. The lowest BCUT2D eigenvalue weighted by atomic mass is 10.1. The summed E-state index contributed by atoms with van der Waals surface area (Å²) in [5, 5.41) is 0. The zero-order valence-electron chi connectivity index (χ0n) is 14.8. The second-order valence-electron chi connectivity index (χ2n) is 6.74. The third-order valence-electron chi connectivity index (χ3n) is 4.86. The molecule has 2 aromatic carbocycles. The van der Waals surface area contributed by atoms with E-state index in [0.717, 1.165) is 25.4 Å². The van der Waals surface area contributed by atoms with Crippen LogP contribution in [0.4, 0.5) is 0 Å². The molecule has 1 saturated heterocycles. The van der Waals surface area contributed by atoms with Gasteiger partial charge in [-0.05, 0) is 43.1 Å². The fraction of sp³-hybridized carbons (Fsp3) is 0.429. The Hall–Kier alpha value is -1.84. The molecule has 1 aliphatic rings. The normalized spacial score (nSPS) is 19.8. The lowest BCUT2D eigenvalue weighted by Gasteiger charge is -2.29. The Morgan fingerprint density at radius 1 is 0.917 bits per heavy atom. The molecule has 0 aliphatic carbocycles. The van der Waals surface area contributed by atoms with Crippen LogP contribution < -0.4 is 4.74 Å². The van der Waals surface area contributed by atoms with E-state index in [1.807, 2.05) is 0 Å². The van der Waals surface area contributed by atoms with Crippen LogP contribution in [0.5, 0.6) is 5.75 Å². The molecule has 0 saturated carbocycles. The molecule has 1 heterocycles. The highest BCUT2D eigenvalue weighted by Crippen LogP contribution is 2.17. The van der Waals surface area contributed by atoms with E-state index in [1.54, 1.807) is 7.11 Å². The first-order chi connectivity index (χ1) is 11.7. The fourth-order valence-electron chi connectivity index (χ4n) is 3.48. The highest BCUT2D eigenvalue weighted by Gasteiger charge is 2.21. The molecule has 0 N–H and O–H groups in total. The summed E-state index contributed by atoms with van der Waals surface area (Å²) in [7, 11) is 1.72. The molecule has 0 unspecified atom stereocenters. The number of nitrogens with zero attached hydrogens (tertiary/aromatic N) is 2. The van der Waals surface area contributed by atoms with E-state index in [1.165, 1.54) is 30.6 Å². The molecule has 3 heteroatoms. The van der Waals surface area contributed by atoms with E-state index >= 15 is 0 Å². The van der Waals surface area contributed by atoms with Gasteiger partial charge in [0.2, 0.25) is 0 Å². The summed E-state index contributed by atoms with van der Waals surface area (Å²) < 4.78 is 5.25. The van der Waals surface area contributed by atoms with Gasteiger partial charge in [0, 0.05) is 32.2 Å². The summed E-state index contributed by atoms with van der Waals surface area (Å²) in [6.45, 7) is 7.90. The minimum absolute atomic E-state index is 0.575. The second kappa shape index (κ2) is 8.32. The molecule has 0 radical (unpaired) electrons. The molecule has 2 aromatic rings. The van der Waals surface area contributed by atoms with Gasteiger partial charge in [0.25, 0.3) is 0 Å². The molecule has 3 rings (SSSR count). The average Bonchev–Trinajstić information content (AvgIpc) is 2.78. The van der Waals surface area contributed by atoms with Crippen molar-refractivity contribution >= 4 is 0 Å². The van der Waals surface area contributed by atoms with Crippen molar-refractivity contribution < 1.29 is 4.74 Å². The summed E-state index contributed by atoms with van der Waals surface area (Å²) in [4.78, 5) is 5.20. The smallest absolute Gasteiger partial charge is 0.118 e. The molecule has 1 atom stereocenters. The molecule has 0 aromatic heterocycles. The maximum Gasteiger partial charge on any atom is 0.118 e. The summed E-state index contributed by atoms with van der Waals surface area (Å²) >= 11 is 0. The van der Waals surface area contributed by atoms with Gasteiger partial charge in [-0.3, -0.25) is 9.80 Å². The standard InChI is InChI=1S/C21H28N2O/c1-18-15-22(16-20-9-11-21(24-2)12-10-20)13-6-14-23(18)17-19-7-4-3-5-8-19/h3-5,7-12,18H,6,13-17H2,1-2H3/t18-/m1/s1. The SMILES string of the molecule is COc1ccc(CN2CCCN(Cc3ccccc3)[C@H](C)C2)cc1. The molecule has 0 bridgehead atoms. The Morgan fingerprint density at radius 3 is 2.33 bits per heavy atom. The summed E-state index contributed by atoms with van der Waals surface area (Å²) in [6.07, 6.45) is 1.23. The maximum atomic E-state index is 5.25. The average molecular weight is 324 g/mol. The van der Waals surface area contributed by atoms with Gasteiger partial charge in [-0.15, -0.1) is 0 Å². The van der Waals surface area contributed by atoms with Crippen LogP contribution >= 0.6 is 0 Å². The van der Waals surface area contributed by atoms with Crippen LogP contribution in [0.25, 0.3) is 0 Å². The molecule has 0 spiro atoms. The highest BCUT2D eigenvalue weighted by atomic mass is 16.5. The lowest BCUT2D eigenvalue weighted by molar-refractivity contribution is 0.181. The van der Waals surface area contributed by atoms with E-state index < -0.39 is 0 Å². The predicted molar refractivity (Wildman–Crippen MR) is 99.2 cm³/mol. The van der Waals surface area contributed by atoms with Gasteiger partial charge in [0.05, 0.1) is 7.11 Å². The van der Waals surface area contributed by atoms with Crippen LogP contribution in [0.15, 0.2) is 54.6 Å². The van der Waals surface area contributed by atoms with Crippen LogP contribution in [-0.2, 0) is 13.1 Å². The molecule has 3 nitrogen and oxygen atoms in total. The topological polar surface area (TPSA) is 15.7 Å². The molecular formula is C21H28N2O. The van der Waals surface area contributed by atoms with Crippen molar-refractivity contribution in [3.63, 3.8) is 0 Å². The summed E-state index contributed by atoms with van der Waals surface area (Å²) in [5.74, 6) is 0.928.